The van der Waals surface area contributed by atoms with Gasteiger partial charge in [0.05, 0.1) is 43.3 Å². The smallest absolute Gasteiger partial charge is 0.238 e. The Kier molecular flexibility index (Phi) is 8.85. The molecule has 10 heteroatoms. The maximum absolute atomic E-state index is 15.3. The third-order valence-electron chi connectivity index (χ3n) is 12.5. The van der Waals surface area contributed by atoms with Crippen molar-refractivity contribution in [1.82, 2.24) is 0 Å². The van der Waals surface area contributed by atoms with Crippen LogP contribution in [0.3, 0.4) is 0 Å². The maximum Gasteiger partial charge on any atom is 0.238 e. The van der Waals surface area contributed by atoms with Gasteiger partial charge in [-0.1, -0.05) is 88.2 Å². The van der Waals surface area contributed by atoms with Crippen LogP contribution in [0.2, 0.25) is 0 Å². The highest BCUT2D eigenvalue weighted by molar-refractivity contribution is 9.10. The average molecular weight is 800 g/mol. The number of nitrogens with zero attached hydrogens (tertiary/aromatic N) is 2. The Morgan fingerprint density at radius 1 is 0.836 bits per heavy atom. The molecule has 9 nitrogen and oxygen atoms in total. The van der Waals surface area contributed by atoms with Gasteiger partial charge in [0.25, 0.3) is 0 Å². The predicted octanol–water partition coefficient (Wildman–Crippen LogP) is 7.03. The molecule has 1 N–H and O–H groups in total. The number of amides is 2. The van der Waals surface area contributed by atoms with E-state index in [9.17, 15) is 14.7 Å². The lowest BCUT2D eigenvalue weighted by atomic mass is 9.44. The monoisotopic (exact) mass is 798 g/mol. The molecule has 4 aromatic carbocycles. The summed E-state index contributed by atoms with van der Waals surface area (Å²) in [5, 5.41) is 12.0. The molecule has 6 unspecified atom stereocenters. The average Bonchev–Trinajstić information content (AvgIpc) is 3.48. The Balaban J connectivity index is 1.21. The minimum atomic E-state index is -1.48. The number of fused-ring (bicyclic) bond motifs is 4. The van der Waals surface area contributed by atoms with Gasteiger partial charge in [0, 0.05) is 46.2 Å². The molecule has 2 aliphatic heterocycles. The molecule has 55 heavy (non-hydrogen) atoms. The fraction of sp³-hybridized carbons (Fsp3) is 0.289. The number of phenolic OH excluding ortho intramolecular Hbond substituents is 1. The number of benzene rings is 4. The van der Waals surface area contributed by atoms with Crippen LogP contribution in [0.5, 0.6) is 11.5 Å². The number of rotatable bonds is 6. The van der Waals surface area contributed by atoms with Gasteiger partial charge in [0.15, 0.2) is 23.1 Å². The summed E-state index contributed by atoms with van der Waals surface area (Å²) in [4.78, 5) is 63.1. The summed E-state index contributed by atoms with van der Waals surface area (Å²) in [6.07, 6.45) is 3.91. The molecule has 4 aromatic rings. The number of imide groups is 1. The largest absolute Gasteiger partial charge is 0.504 e. The lowest BCUT2D eigenvalue weighted by Crippen LogP contribution is -2.58. The highest BCUT2D eigenvalue weighted by Crippen LogP contribution is 2.65. The number of Topliss-reactive ketones (excluding diaryl/α,β-unsaturated/α-hetero) is 1. The molecule has 2 saturated heterocycles. The number of halogens is 1. The van der Waals surface area contributed by atoms with Crippen LogP contribution in [-0.2, 0) is 29.3 Å². The van der Waals surface area contributed by atoms with Crippen LogP contribution >= 0.6 is 15.9 Å². The van der Waals surface area contributed by atoms with Crippen LogP contribution in [0.4, 0.5) is 11.4 Å². The third-order valence-corrected chi connectivity index (χ3v) is 12.9. The van der Waals surface area contributed by atoms with Crippen LogP contribution in [0.15, 0.2) is 119 Å². The zero-order chi connectivity index (χ0) is 38.0. The minimum Gasteiger partial charge on any atom is -0.504 e. The summed E-state index contributed by atoms with van der Waals surface area (Å²) in [7, 11) is 1.46. The van der Waals surface area contributed by atoms with Gasteiger partial charge in [-0.25, -0.2) is 0 Å². The fourth-order valence-electron chi connectivity index (χ4n) is 10.1. The third kappa shape index (κ3) is 5.44. The molecule has 3 fully saturated rings. The summed E-state index contributed by atoms with van der Waals surface area (Å²) in [6.45, 7) is 2.80. The molecule has 0 bridgehead atoms. The fourth-order valence-corrected chi connectivity index (χ4v) is 10.5. The Labute approximate surface area is 327 Å². The van der Waals surface area contributed by atoms with Gasteiger partial charge in [-0.3, -0.25) is 24.1 Å². The Bertz CT molecular complexity index is 2280. The second-order valence-corrected chi connectivity index (χ2v) is 15.9. The zero-order valence-electron chi connectivity index (χ0n) is 30.2. The van der Waals surface area contributed by atoms with E-state index in [1.54, 1.807) is 12.1 Å². The predicted molar refractivity (Wildman–Crippen MR) is 211 cm³/mol. The van der Waals surface area contributed by atoms with Crippen LogP contribution in [0.1, 0.15) is 35.4 Å². The molecule has 1 saturated carbocycles. The minimum absolute atomic E-state index is 0.151. The van der Waals surface area contributed by atoms with Gasteiger partial charge in [-0.2, -0.15) is 0 Å². The number of carbonyl (C=O) groups excluding carboxylic acids is 4. The number of phenols is 1. The van der Waals surface area contributed by atoms with Crippen molar-refractivity contribution in [3.63, 3.8) is 0 Å². The van der Waals surface area contributed by atoms with E-state index in [2.05, 4.69) is 20.8 Å². The van der Waals surface area contributed by atoms with Crippen LogP contribution in [0, 0.1) is 23.7 Å². The number of morpholine rings is 1. The SMILES string of the molecule is COc1cc(Br)cc(C2C3=CCC4C(=O)N(c5ccc(N6CCOCC6)cc5)C(=O)C4C3CC3C(=O)C(c4ccccc4)=CC(=O)C32c2ccccc2)c1O. The summed E-state index contributed by atoms with van der Waals surface area (Å²) < 4.78 is 11.7. The Morgan fingerprint density at radius 3 is 2.20 bits per heavy atom. The van der Waals surface area contributed by atoms with Gasteiger partial charge in [-0.05, 0) is 72.4 Å². The van der Waals surface area contributed by atoms with E-state index in [-0.39, 0.29) is 47.7 Å². The number of carbonyl (C=O) groups is 4. The lowest BCUT2D eigenvalue weighted by molar-refractivity contribution is -0.135. The molecular formula is C45H39BrN2O7. The maximum atomic E-state index is 15.3. The molecule has 0 spiro atoms. The van der Waals surface area contributed by atoms with Gasteiger partial charge >= 0.3 is 0 Å². The summed E-state index contributed by atoms with van der Waals surface area (Å²) in [6, 6.07) is 29.4. The molecule has 0 radical (unpaired) electrons. The summed E-state index contributed by atoms with van der Waals surface area (Å²) in [5.74, 6) is -4.81. The zero-order valence-corrected chi connectivity index (χ0v) is 31.8. The van der Waals surface area contributed by atoms with Gasteiger partial charge in [0.1, 0.15) is 0 Å². The van der Waals surface area contributed by atoms with Crippen LogP contribution in [0.25, 0.3) is 5.57 Å². The summed E-state index contributed by atoms with van der Waals surface area (Å²) in [5.41, 5.74) is 2.77. The van der Waals surface area contributed by atoms with Crippen LogP contribution in [-0.4, -0.2) is 61.9 Å². The topological polar surface area (TPSA) is 113 Å². The molecule has 278 valence electrons. The van der Waals surface area contributed by atoms with Crippen LogP contribution < -0.4 is 14.5 Å². The van der Waals surface area contributed by atoms with Gasteiger partial charge in [0.2, 0.25) is 11.8 Å². The van der Waals surface area contributed by atoms with Crippen molar-refractivity contribution < 1.29 is 33.8 Å². The van der Waals surface area contributed by atoms with Crippen molar-refractivity contribution >= 4 is 56.3 Å². The molecular weight excluding hydrogens is 760 g/mol. The highest BCUT2D eigenvalue weighted by atomic mass is 79.9. The van der Waals surface area contributed by atoms with Crippen molar-refractivity contribution in [3.05, 3.63) is 136 Å². The van der Waals surface area contributed by atoms with Gasteiger partial charge < -0.3 is 19.5 Å². The molecule has 3 aliphatic carbocycles. The number of hydrogen-bond acceptors (Lipinski definition) is 8. The van der Waals surface area contributed by atoms with Crippen molar-refractivity contribution in [2.24, 2.45) is 23.7 Å². The number of ether oxygens (including phenoxy) is 2. The number of anilines is 2. The first-order valence-corrected chi connectivity index (χ1v) is 19.5. The molecule has 2 amide bonds. The number of hydrogen-bond donors (Lipinski definition) is 1. The van der Waals surface area contributed by atoms with Crippen molar-refractivity contribution in [2.45, 2.75) is 24.2 Å². The second kappa shape index (κ2) is 13.8. The quantitative estimate of drug-likeness (QED) is 0.164. The first-order valence-electron chi connectivity index (χ1n) is 18.7. The standard InChI is InChI=1S/C45H39BrN2O7/c1-54-37-23-28(46)22-35(42(37)51)40-31-16-17-32-39(44(53)48(43(32)52)30-14-12-29(13-15-30)47-18-20-55-21-19-47)34(31)24-36-41(50)33(26-8-4-2-5-9-26)25-38(49)45(36,40)27-10-6-3-7-11-27/h2-16,22-23,25,32,34,36,39-40,51H,17-21,24H2,1H3. The second-order valence-electron chi connectivity index (χ2n) is 15.0. The Hall–Kier alpha value is -5.32. The number of ketones is 2. The molecule has 5 aliphatic rings. The van der Waals surface area contributed by atoms with Crippen molar-refractivity contribution in [3.8, 4) is 11.5 Å². The number of aromatic hydroxyl groups is 1. The van der Waals surface area contributed by atoms with E-state index in [4.69, 9.17) is 9.47 Å². The van der Waals surface area contributed by atoms with E-state index in [1.165, 1.54) is 18.1 Å². The van der Waals surface area contributed by atoms with E-state index >= 15 is 9.59 Å². The van der Waals surface area contributed by atoms with Crippen molar-refractivity contribution in [2.75, 3.05) is 43.2 Å². The summed E-state index contributed by atoms with van der Waals surface area (Å²) >= 11 is 3.61. The number of methoxy groups -OCH3 is 1. The highest BCUT2D eigenvalue weighted by Gasteiger charge is 2.66. The molecule has 2 heterocycles. The Morgan fingerprint density at radius 2 is 1.51 bits per heavy atom. The van der Waals surface area contributed by atoms with E-state index < -0.39 is 35.0 Å². The molecule has 0 aromatic heterocycles. The number of allylic oxidation sites excluding steroid dienone is 4. The lowest BCUT2D eigenvalue weighted by Gasteiger charge is -2.55. The van der Waals surface area contributed by atoms with Crippen molar-refractivity contribution in [1.29, 1.82) is 0 Å². The van der Waals surface area contributed by atoms with E-state index in [1.807, 2.05) is 91.0 Å². The normalized spacial score (nSPS) is 27.6. The van der Waals surface area contributed by atoms with E-state index in [0.29, 0.717) is 45.6 Å². The first kappa shape index (κ1) is 35.4. The first-order chi connectivity index (χ1) is 26.7. The van der Waals surface area contributed by atoms with E-state index in [0.717, 1.165) is 24.4 Å². The molecule has 9 rings (SSSR count). The molecule has 6 atom stereocenters. The van der Waals surface area contributed by atoms with Gasteiger partial charge in [-0.15, -0.1) is 0 Å².